The largest absolute Gasteiger partial charge is 0.491 e. The van der Waals surface area contributed by atoms with E-state index in [1.807, 2.05) is 38.1 Å². The van der Waals surface area contributed by atoms with E-state index in [0.29, 0.717) is 5.82 Å². The summed E-state index contributed by atoms with van der Waals surface area (Å²) >= 11 is 1.14. The van der Waals surface area contributed by atoms with Gasteiger partial charge in [-0.25, -0.2) is 8.42 Å². The number of thiophene rings is 1. The van der Waals surface area contributed by atoms with E-state index in [1.54, 1.807) is 23.6 Å². The SMILES string of the molecule is CC(C)Oc1ccc(Nc2ccc(NS(=O)(=O)c3cccs3)nn2)cc1. The highest BCUT2D eigenvalue weighted by Gasteiger charge is 2.15. The lowest BCUT2D eigenvalue weighted by Crippen LogP contribution is -2.13. The second-order valence-electron chi connectivity index (χ2n) is 5.66. The van der Waals surface area contributed by atoms with Crippen LogP contribution in [0.2, 0.25) is 0 Å². The van der Waals surface area contributed by atoms with Crippen molar-refractivity contribution < 1.29 is 13.2 Å². The van der Waals surface area contributed by atoms with E-state index in [9.17, 15) is 8.42 Å². The maximum atomic E-state index is 12.2. The van der Waals surface area contributed by atoms with Crippen LogP contribution in [0.1, 0.15) is 13.8 Å². The van der Waals surface area contributed by atoms with Gasteiger partial charge >= 0.3 is 0 Å². The molecule has 0 unspecified atom stereocenters. The van der Waals surface area contributed by atoms with Crippen LogP contribution in [0.4, 0.5) is 17.3 Å². The Hall–Kier alpha value is -2.65. The quantitative estimate of drug-likeness (QED) is 0.636. The lowest BCUT2D eigenvalue weighted by molar-refractivity contribution is 0.242. The number of hydrogen-bond donors (Lipinski definition) is 2. The van der Waals surface area contributed by atoms with Gasteiger partial charge in [0.15, 0.2) is 11.6 Å². The van der Waals surface area contributed by atoms with E-state index in [-0.39, 0.29) is 16.1 Å². The zero-order valence-electron chi connectivity index (χ0n) is 14.2. The van der Waals surface area contributed by atoms with Crippen molar-refractivity contribution in [1.82, 2.24) is 10.2 Å². The van der Waals surface area contributed by atoms with Crippen molar-refractivity contribution in [3.8, 4) is 5.75 Å². The average Bonchev–Trinajstić information content (AvgIpc) is 3.13. The van der Waals surface area contributed by atoms with Crippen molar-refractivity contribution >= 4 is 38.7 Å². The number of anilines is 3. The number of nitrogens with zero attached hydrogens (tertiary/aromatic N) is 2. The highest BCUT2D eigenvalue weighted by molar-refractivity contribution is 7.94. The molecule has 0 atom stereocenters. The monoisotopic (exact) mass is 390 g/mol. The fourth-order valence-corrected chi connectivity index (χ4v) is 4.08. The molecule has 7 nitrogen and oxygen atoms in total. The smallest absolute Gasteiger partial charge is 0.272 e. The van der Waals surface area contributed by atoms with Gasteiger partial charge in [0.2, 0.25) is 0 Å². The molecule has 0 saturated heterocycles. The molecule has 1 aromatic carbocycles. The summed E-state index contributed by atoms with van der Waals surface area (Å²) in [6.45, 7) is 3.94. The molecular formula is C17H18N4O3S2. The summed E-state index contributed by atoms with van der Waals surface area (Å²) in [6, 6.07) is 13.9. The molecule has 0 aliphatic rings. The molecule has 3 aromatic rings. The molecule has 9 heteroatoms. The van der Waals surface area contributed by atoms with Crippen LogP contribution in [0, 0.1) is 0 Å². The van der Waals surface area contributed by atoms with E-state index in [0.717, 1.165) is 22.8 Å². The molecule has 2 N–H and O–H groups in total. The Morgan fingerprint density at radius 1 is 1.00 bits per heavy atom. The first kappa shape index (κ1) is 18.2. The van der Waals surface area contributed by atoms with Gasteiger partial charge in [-0.1, -0.05) is 6.07 Å². The first-order valence-corrected chi connectivity index (χ1v) is 10.2. The standard InChI is InChI=1S/C17H18N4O3S2/c1-12(2)24-14-7-5-13(6-8-14)18-15-9-10-16(20-19-15)21-26(22,23)17-4-3-11-25-17/h3-12H,1-2H3,(H,18,19)(H,20,21). The van der Waals surface area contributed by atoms with E-state index >= 15 is 0 Å². The third-order valence-corrected chi connectivity index (χ3v) is 5.91. The number of ether oxygens (including phenoxy) is 1. The number of aromatic nitrogens is 2. The minimum atomic E-state index is -3.62. The van der Waals surface area contributed by atoms with Crippen LogP contribution >= 0.6 is 11.3 Å². The molecule has 0 spiro atoms. The molecule has 0 aliphatic heterocycles. The van der Waals surface area contributed by atoms with E-state index in [4.69, 9.17) is 4.74 Å². The predicted octanol–water partition coefficient (Wildman–Crippen LogP) is 3.87. The van der Waals surface area contributed by atoms with Crippen LogP contribution in [0.3, 0.4) is 0 Å². The third-order valence-electron chi connectivity index (χ3n) is 3.16. The van der Waals surface area contributed by atoms with Crippen molar-refractivity contribution in [3.63, 3.8) is 0 Å². The zero-order valence-corrected chi connectivity index (χ0v) is 15.8. The van der Waals surface area contributed by atoms with Gasteiger partial charge in [-0.3, -0.25) is 4.72 Å². The summed E-state index contributed by atoms with van der Waals surface area (Å²) in [5.41, 5.74) is 0.822. The fraction of sp³-hybridized carbons (Fsp3) is 0.176. The Morgan fingerprint density at radius 2 is 1.69 bits per heavy atom. The normalized spacial score (nSPS) is 11.3. The number of benzene rings is 1. The number of nitrogens with one attached hydrogen (secondary N) is 2. The van der Waals surface area contributed by atoms with Gasteiger partial charge in [0, 0.05) is 5.69 Å². The molecule has 0 bridgehead atoms. The maximum absolute atomic E-state index is 12.2. The zero-order chi connectivity index (χ0) is 18.6. The Balaban J connectivity index is 1.64. The van der Waals surface area contributed by atoms with Crippen molar-refractivity contribution in [1.29, 1.82) is 0 Å². The minimum Gasteiger partial charge on any atom is -0.491 e. The molecule has 26 heavy (non-hydrogen) atoms. The van der Waals surface area contributed by atoms with Gasteiger partial charge in [0.25, 0.3) is 10.0 Å². The Bertz CT molecular complexity index is 939. The van der Waals surface area contributed by atoms with Gasteiger partial charge in [-0.2, -0.15) is 0 Å². The highest BCUT2D eigenvalue weighted by atomic mass is 32.2. The van der Waals surface area contributed by atoms with Crippen LogP contribution in [0.5, 0.6) is 5.75 Å². The van der Waals surface area contributed by atoms with Gasteiger partial charge in [-0.05, 0) is 61.7 Å². The molecular weight excluding hydrogens is 372 g/mol. The summed E-state index contributed by atoms with van der Waals surface area (Å²) in [5, 5.41) is 12.7. The summed E-state index contributed by atoms with van der Waals surface area (Å²) in [7, 11) is -3.62. The molecule has 0 saturated carbocycles. The van der Waals surface area contributed by atoms with Crippen LogP contribution in [-0.4, -0.2) is 24.7 Å². The average molecular weight is 390 g/mol. The summed E-state index contributed by atoms with van der Waals surface area (Å²) in [5.74, 6) is 1.45. The molecule has 0 amide bonds. The molecule has 2 aromatic heterocycles. The molecule has 0 aliphatic carbocycles. The van der Waals surface area contributed by atoms with Crippen LogP contribution < -0.4 is 14.8 Å². The Morgan fingerprint density at radius 3 is 2.27 bits per heavy atom. The maximum Gasteiger partial charge on any atom is 0.272 e. The lowest BCUT2D eigenvalue weighted by atomic mass is 10.3. The first-order chi connectivity index (χ1) is 12.4. The van der Waals surface area contributed by atoms with Crippen molar-refractivity contribution in [2.75, 3.05) is 10.0 Å². The Labute approximate surface area is 156 Å². The predicted molar refractivity (Wildman–Crippen MR) is 103 cm³/mol. The minimum absolute atomic E-state index is 0.116. The van der Waals surface area contributed by atoms with Crippen molar-refractivity contribution in [2.24, 2.45) is 0 Å². The van der Waals surface area contributed by atoms with Gasteiger partial charge < -0.3 is 10.1 Å². The van der Waals surface area contributed by atoms with E-state index < -0.39 is 10.0 Å². The van der Waals surface area contributed by atoms with Crippen molar-refractivity contribution in [2.45, 2.75) is 24.2 Å². The summed E-state index contributed by atoms with van der Waals surface area (Å²) in [4.78, 5) is 0. The highest BCUT2D eigenvalue weighted by Crippen LogP contribution is 2.21. The van der Waals surface area contributed by atoms with E-state index in [1.165, 1.54) is 6.07 Å². The fourth-order valence-electron chi connectivity index (χ4n) is 2.09. The van der Waals surface area contributed by atoms with Gasteiger partial charge in [-0.15, -0.1) is 21.5 Å². The number of sulfonamides is 1. The summed E-state index contributed by atoms with van der Waals surface area (Å²) < 4.78 is 32.5. The van der Waals surface area contributed by atoms with Crippen LogP contribution in [0.25, 0.3) is 0 Å². The number of rotatable bonds is 7. The molecule has 2 heterocycles. The van der Waals surface area contributed by atoms with Gasteiger partial charge in [0.1, 0.15) is 9.96 Å². The molecule has 3 rings (SSSR count). The Kier molecular flexibility index (Phi) is 5.38. The first-order valence-electron chi connectivity index (χ1n) is 7.86. The second kappa shape index (κ2) is 7.71. The van der Waals surface area contributed by atoms with Crippen LogP contribution in [0.15, 0.2) is 58.1 Å². The lowest BCUT2D eigenvalue weighted by Gasteiger charge is -2.11. The number of hydrogen-bond acceptors (Lipinski definition) is 7. The molecule has 0 fully saturated rings. The van der Waals surface area contributed by atoms with E-state index in [2.05, 4.69) is 20.2 Å². The topological polar surface area (TPSA) is 93.2 Å². The molecule has 0 radical (unpaired) electrons. The van der Waals surface area contributed by atoms with Gasteiger partial charge in [0.05, 0.1) is 6.10 Å². The third kappa shape index (κ3) is 4.70. The summed E-state index contributed by atoms with van der Waals surface area (Å²) in [6.07, 6.45) is 0.116. The second-order valence-corrected chi connectivity index (χ2v) is 8.51. The van der Waals surface area contributed by atoms with Crippen molar-refractivity contribution in [3.05, 3.63) is 53.9 Å². The van der Waals surface area contributed by atoms with Crippen LogP contribution in [-0.2, 0) is 10.0 Å². The molecule has 136 valence electrons.